The maximum atomic E-state index is 14.1. The van der Waals surface area contributed by atoms with Crippen molar-refractivity contribution in [3.63, 3.8) is 0 Å². The van der Waals surface area contributed by atoms with Crippen LogP contribution in [-0.2, 0) is 0 Å². The van der Waals surface area contributed by atoms with E-state index >= 15 is 0 Å². The van der Waals surface area contributed by atoms with Crippen molar-refractivity contribution in [3.8, 4) is 5.75 Å². The minimum absolute atomic E-state index is 0.119. The highest BCUT2D eigenvalue weighted by Gasteiger charge is 2.19. The van der Waals surface area contributed by atoms with E-state index in [0.717, 1.165) is 15.8 Å². The Bertz CT molecular complexity index is 619. The minimum Gasteiger partial charge on any atom is -0.494 e. The molecule has 0 aromatic heterocycles. The zero-order valence-corrected chi connectivity index (χ0v) is 14.6. The van der Waals surface area contributed by atoms with Crippen molar-refractivity contribution < 1.29 is 9.13 Å². The second-order valence-electron chi connectivity index (χ2n) is 4.12. The van der Waals surface area contributed by atoms with Crippen LogP contribution in [-0.4, -0.2) is 6.61 Å². The molecule has 0 saturated carbocycles. The predicted octanol–water partition coefficient (Wildman–Crippen LogP) is 6.12. The summed E-state index contributed by atoms with van der Waals surface area (Å²) in [5, 5.41) is 0.119. The molecule has 1 nitrogen and oxygen atoms in total. The van der Waals surface area contributed by atoms with Gasteiger partial charge >= 0.3 is 0 Å². The third-order valence-corrected chi connectivity index (χ3v) is 4.78. The molecule has 2 rings (SSSR count). The van der Waals surface area contributed by atoms with Gasteiger partial charge in [-0.15, -0.1) is 0 Å². The van der Waals surface area contributed by atoms with Gasteiger partial charge in [0, 0.05) is 10.0 Å². The van der Waals surface area contributed by atoms with Gasteiger partial charge in [-0.3, -0.25) is 0 Å². The molecule has 20 heavy (non-hydrogen) atoms. The molecule has 0 aliphatic rings. The van der Waals surface area contributed by atoms with E-state index in [1.54, 1.807) is 12.1 Å². The second kappa shape index (κ2) is 6.92. The van der Waals surface area contributed by atoms with Crippen LogP contribution in [0.5, 0.6) is 5.75 Å². The summed E-state index contributed by atoms with van der Waals surface area (Å²) in [7, 11) is 0. The molecular weight excluding hydrogens is 410 g/mol. The van der Waals surface area contributed by atoms with Crippen LogP contribution in [0.2, 0.25) is 5.02 Å². The number of halogens is 4. The van der Waals surface area contributed by atoms with Gasteiger partial charge in [-0.25, -0.2) is 4.39 Å². The smallest absolute Gasteiger partial charge is 0.146 e. The molecule has 0 fully saturated rings. The number of rotatable bonds is 4. The fourth-order valence-electron chi connectivity index (χ4n) is 1.85. The first-order valence-electron chi connectivity index (χ1n) is 6.04. The van der Waals surface area contributed by atoms with Crippen LogP contribution in [0.15, 0.2) is 40.9 Å². The molecule has 0 saturated heterocycles. The molecular formula is C15H12Br2ClFO. The van der Waals surface area contributed by atoms with Crippen LogP contribution in [0.1, 0.15) is 22.9 Å². The van der Waals surface area contributed by atoms with E-state index in [0.29, 0.717) is 12.2 Å². The Balaban J connectivity index is 2.38. The molecule has 0 amide bonds. The highest BCUT2D eigenvalue weighted by Crippen LogP contribution is 2.39. The number of ether oxygens (including phenoxy) is 1. The van der Waals surface area contributed by atoms with Crippen LogP contribution in [0.25, 0.3) is 0 Å². The Morgan fingerprint density at radius 2 is 2.00 bits per heavy atom. The lowest BCUT2D eigenvalue weighted by Gasteiger charge is -2.15. The summed E-state index contributed by atoms with van der Waals surface area (Å²) in [5.74, 6) is 0.367. The summed E-state index contributed by atoms with van der Waals surface area (Å²) in [4.78, 5) is -0.286. The SMILES string of the molecule is CCOc1ccc(C(Br)c2cccc(Cl)c2F)c(Br)c1. The van der Waals surface area contributed by atoms with Crippen molar-refractivity contribution in [3.05, 3.63) is 62.8 Å². The van der Waals surface area contributed by atoms with E-state index in [1.807, 2.05) is 25.1 Å². The van der Waals surface area contributed by atoms with Gasteiger partial charge in [-0.05, 0) is 30.7 Å². The average molecular weight is 423 g/mol. The van der Waals surface area contributed by atoms with Crippen LogP contribution >= 0.6 is 43.5 Å². The molecule has 0 N–H and O–H groups in total. The molecule has 0 aliphatic carbocycles. The van der Waals surface area contributed by atoms with Gasteiger partial charge in [-0.1, -0.05) is 61.7 Å². The summed E-state index contributed by atoms with van der Waals surface area (Å²) < 4.78 is 20.3. The van der Waals surface area contributed by atoms with E-state index in [1.165, 1.54) is 6.07 Å². The van der Waals surface area contributed by atoms with E-state index in [9.17, 15) is 4.39 Å². The van der Waals surface area contributed by atoms with Crippen molar-refractivity contribution in [2.24, 2.45) is 0 Å². The van der Waals surface area contributed by atoms with Crippen molar-refractivity contribution in [1.29, 1.82) is 0 Å². The van der Waals surface area contributed by atoms with E-state index < -0.39 is 5.82 Å². The molecule has 0 bridgehead atoms. The Labute approximate surface area is 139 Å². The van der Waals surface area contributed by atoms with E-state index in [4.69, 9.17) is 16.3 Å². The van der Waals surface area contributed by atoms with Crippen LogP contribution in [0, 0.1) is 5.82 Å². The molecule has 0 spiro atoms. The van der Waals surface area contributed by atoms with Gasteiger partial charge in [-0.2, -0.15) is 0 Å². The van der Waals surface area contributed by atoms with Crippen molar-refractivity contribution in [2.75, 3.05) is 6.61 Å². The number of benzene rings is 2. The summed E-state index contributed by atoms with van der Waals surface area (Å²) in [6, 6.07) is 10.6. The largest absolute Gasteiger partial charge is 0.494 e. The van der Waals surface area contributed by atoms with Crippen molar-refractivity contribution in [1.82, 2.24) is 0 Å². The monoisotopic (exact) mass is 420 g/mol. The predicted molar refractivity (Wildman–Crippen MR) is 87.5 cm³/mol. The zero-order chi connectivity index (χ0) is 14.7. The molecule has 1 atom stereocenters. The highest BCUT2D eigenvalue weighted by molar-refractivity contribution is 9.11. The van der Waals surface area contributed by atoms with Gasteiger partial charge in [0.1, 0.15) is 11.6 Å². The van der Waals surface area contributed by atoms with Crippen LogP contribution in [0.4, 0.5) is 4.39 Å². The van der Waals surface area contributed by atoms with Gasteiger partial charge < -0.3 is 4.74 Å². The van der Waals surface area contributed by atoms with E-state index in [-0.39, 0.29) is 9.85 Å². The van der Waals surface area contributed by atoms with Gasteiger partial charge in [0.2, 0.25) is 0 Å². The Hall–Kier alpha value is -0.580. The molecule has 2 aromatic carbocycles. The van der Waals surface area contributed by atoms with Crippen LogP contribution in [0.3, 0.4) is 0 Å². The molecule has 1 unspecified atom stereocenters. The number of hydrogen-bond acceptors (Lipinski definition) is 1. The van der Waals surface area contributed by atoms with Crippen LogP contribution < -0.4 is 4.74 Å². The third kappa shape index (κ3) is 3.35. The normalized spacial score (nSPS) is 12.2. The lowest BCUT2D eigenvalue weighted by atomic mass is 10.0. The quantitative estimate of drug-likeness (QED) is 0.539. The molecule has 0 radical (unpaired) electrons. The maximum Gasteiger partial charge on any atom is 0.146 e. The summed E-state index contributed by atoms with van der Waals surface area (Å²) in [6.45, 7) is 2.53. The minimum atomic E-state index is -0.406. The molecule has 0 heterocycles. The molecule has 5 heteroatoms. The first-order valence-corrected chi connectivity index (χ1v) is 8.13. The average Bonchev–Trinajstić information content (AvgIpc) is 2.42. The first-order chi connectivity index (χ1) is 9.54. The topological polar surface area (TPSA) is 9.23 Å². The van der Waals surface area contributed by atoms with Gasteiger partial charge in [0.05, 0.1) is 16.5 Å². The Kier molecular flexibility index (Phi) is 5.47. The van der Waals surface area contributed by atoms with Gasteiger partial charge in [0.15, 0.2) is 0 Å². The molecule has 106 valence electrons. The second-order valence-corrected chi connectivity index (χ2v) is 6.30. The fraction of sp³-hybridized carbons (Fsp3) is 0.200. The highest BCUT2D eigenvalue weighted by atomic mass is 79.9. The zero-order valence-electron chi connectivity index (χ0n) is 10.7. The molecule has 2 aromatic rings. The number of hydrogen-bond donors (Lipinski definition) is 0. The molecule has 0 aliphatic heterocycles. The number of alkyl halides is 1. The lowest BCUT2D eigenvalue weighted by Crippen LogP contribution is -1.99. The Morgan fingerprint density at radius 1 is 1.25 bits per heavy atom. The summed E-state index contributed by atoms with van der Waals surface area (Å²) in [6.07, 6.45) is 0. The third-order valence-electron chi connectivity index (χ3n) is 2.81. The first kappa shape index (κ1) is 15.8. The Morgan fingerprint density at radius 3 is 2.65 bits per heavy atom. The summed E-state index contributed by atoms with van der Waals surface area (Å²) in [5.41, 5.74) is 1.41. The van der Waals surface area contributed by atoms with Crippen molar-refractivity contribution >= 4 is 43.5 Å². The standard InChI is InChI=1S/C15H12Br2ClFO/c1-2-20-9-6-7-10(12(16)8-9)14(17)11-4-3-5-13(18)15(11)19/h3-8,14H,2H2,1H3. The van der Waals surface area contributed by atoms with Gasteiger partial charge in [0.25, 0.3) is 0 Å². The van der Waals surface area contributed by atoms with Crippen molar-refractivity contribution in [2.45, 2.75) is 11.8 Å². The lowest BCUT2D eigenvalue weighted by molar-refractivity contribution is 0.340. The summed E-state index contributed by atoms with van der Waals surface area (Å²) >= 11 is 12.8. The van der Waals surface area contributed by atoms with E-state index in [2.05, 4.69) is 31.9 Å². The maximum absolute atomic E-state index is 14.1. The fourth-order valence-corrected chi connectivity index (χ4v) is 3.68.